The average Bonchev–Trinajstić information content (AvgIpc) is 2.84. The molecular weight excluding hydrogens is 386 g/mol. The molecule has 156 valence electrons. The molecule has 1 aliphatic rings. The summed E-state index contributed by atoms with van der Waals surface area (Å²) in [6.45, 7) is 4.67. The summed E-state index contributed by atoms with van der Waals surface area (Å²) in [6.07, 6.45) is 0. The van der Waals surface area contributed by atoms with Gasteiger partial charge in [0.05, 0.1) is 24.8 Å². The molecule has 0 saturated carbocycles. The van der Waals surface area contributed by atoms with Crippen LogP contribution in [0.2, 0.25) is 0 Å². The number of rotatable bonds is 6. The van der Waals surface area contributed by atoms with E-state index in [1.54, 1.807) is 12.1 Å². The molecule has 5 nitrogen and oxygen atoms in total. The molecule has 0 spiro atoms. The van der Waals surface area contributed by atoms with Crippen molar-refractivity contribution < 1.29 is 9.53 Å². The minimum absolute atomic E-state index is 0.149. The van der Waals surface area contributed by atoms with Gasteiger partial charge in [-0.1, -0.05) is 60.7 Å². The molecule has 5 heteroatoms. The molecule has 3 aromatic rings. The van der Waals surface area contributed by atoms with Crippen molar-refractivity contribution in [2.75, 3.05) is 26.3 Å². The highest BCUT2D eigenvalue weighted by molar-refractivity contribution is 6.01. The van der Waals surface area contributed by atoms with Gasteiger partial charge in [-0.05, 0) is 28.8 Å². The monoisotopic (exact) mass is 411 g/mol. The fraction of sp³-hybridized carbons (Fsp3) is 0.231. The van der Waals surface area contributed by atoms with Crippen LogP contribution in [-0.2, 0) is 17.8 Å². The van der Waals surface area contributed by atoms with Crippen LogP contribution in [-0.4, -0.2) is 37.1 Å². The van der Waals surface area contributed by atoms with Gasteiger partial charge in [0, 0.05) is 37.3 Å². The number of carbonyl (C=O) groups excluding carboxylic acids is 1. The lowest BCUT2D eigenvalue weighted by molar-refractivity contribution is 0.0340. The molecule has 0 radical (unpaired) electrons. The minimum Gasteiger partial charge on any atom is -0.379 e. The Balaban J connectivity index is 1.51. The zero-order chi connectivity index (χ0) is 21.5. The molecule has 1 aliphatic heterocycles. The van der Waals surface area contributed by atoms with Crippen molar-refractivity contribution in [1.82, 2.24) is 10.2 Å². The molecule has 31 heavy (non-hydrogen) atoms. The number of carbonyl (C=O) groups is 1. The number of ether oxygens (including phenoxy) is 1. The van der Waals surface area contributed by atoms with Crippen LogP contribution < -0.4 is 5.32 Å². The molecule has 1 amide bonds. The third-order valence-electron chi connectivity index (χ3n) is 5.56. The van der Waals surface area contributed by atoms with Gasteiger partial charge >= 0.3 is 0 Å². The molecule has 0 aromatic heterocycles. The second-order valence-corrected chi connectivity index (χ2v) is 7.54. The number of hydrogen-bond acceptors (Lipinski definition) is 4. The molecule has 0 bridgehead atoms. The smallest absolute Gasteiger partial charge is 0.252 e. The van der Waals surface area contributed by atoms with E-state index in [0.717, 1.165) is 49.5 Å². The third kappa shape index (κ3) is 5.00. The first-order valence-electron chi connectivity index (χ1n) is 10.5. The first-order chi connectivity index (χ1) is 15.3. The molecule has 0 aliphatic carbocycles. The molecule has 1 N–H and O–H groups in total. The van der Waals surface area contributed by atoms with Gasteiger partial charge in [0.25, 0.3) is 5.91 Å². The Labute approximate surface area is 182 Å². The number of nitriles is 1. The van der Waals surface area contributed by atoms with Gasteiger partial charge in [0.1, 0.15) is 0 Å². The molecule has 0 atom stereocenters. The SMILES string of the molecule is N#Cc1ccccc1-c1ccccc1C(=O)NCc1ccccc1CN1CCOCC1. The van der Waals surface area contributed by atoms with Crippen LogP contribution >= 0.6 is 0 Å². The Morgan fingerprint density at radius 3 is 2.32 bits per heavy atom. The molecular formula is C26H25N3O2. The quantitative estimate of drug-likeness (QED) is 0.666. The van der Waals surface area contributed by atoms with Gasteiger partial charge in [-0.2, -0.15) is 5.26 Å². The van der Waals surface area contributed by atoms with Crippen molar-refractivity contribution >= 4 is 5.91 Å². The Morgan fingerprint density at radius 2 is 1.55 bits per heavy atom. The van der Waals surface area contributed by atoms with Crippen molar-refractivity contribution in [3.8, 4) is 17.2 Å². The maximum Gasteiger partial charge on any atom is 0.252 e. The summed E-state index contributed by atoms with van der Waals surface area (Å²) in [6, 6.07) is 25.2. The van der Waals surface area contributed by atoms with Crippen molar-refractivity contribution in [1.29, 1.82) is 5.26 Å². The van der Waals surface area contributed by atoms with Gasteiger partial charge in [0.15, 0.2) is 0 Å². The predicted octanol–water partition coefficient (Wildman–Crippen LogP) is 3.99. The van der Waals surface area contributed by atoms with Crippen molar-refractivity contribution in [2.45, 2.75) is 13.1 Å². The highest BCUT2D eigenvalue weighted by Crippen LogP contribution is 2.27. The van der Waals surface area contributed by atoms with E-state index in [2.05, 4.69) is 28.4 Å². The van der Waals surface area contributed by atoms with Crippen LogP contribution in [0.15, 0.2) is 72.8 Å². The lowest BCUT2D eigenvalue weighted by Gasteiger charge is -2.27. The summed E-state index contributed by atoms with van der Waals surface area (Å²) >= 11 is 0. The largest absolute Gasteiger partial charge is 0.379 e. The van der Waals surface area contributed by atoms with Crippen molar-refractivity contribution in [3.05, 3.63) is 95.1 Å². The Morgan fingerprint density at radius 1 is 0.903 bits per heavy atom. The summed E-state index contributed by atoms with van der Waals surface area (Å²) in [5.41, 5.74) is 4.97. The van der Waals surface area contributed by atoms with E-state index in [0.29, 0.717) is 17.7 Å². The average molecular weight is 412 g/mol. The maximum atomic E-state index is 13.1. The lowest BCUT2D eigenvalue weighted by Crippen LogP contribution is -2.36. The number of benzene rings is 3. The second kappa shape index (κ2) is 10.0. The van der Waals surface area contributed by atoms with E-state index in [1.807, 2.05) is 48.5 Å². The topological polar surface area (TPSA) is 65.4 Å². The lowest BCUT2D eigenvalue weighted by atomic mass is 9.95. The Kier molecular flexibility index (Phi) is 6.73. The van der Waals surface area contributed by atoms with E-state index in [-0.39, 0.29) is 5.91 Å². The third-order valence-corrected chi connectivity index (χ3v) is 5.56. The molecule has 1 heterocycles. The number of morpholine rings is 1. The summed E-state index contributed by atoms with van der Waals surface area (Å²) in [5.74, 6) is -0.149. The van der Waals surface area contributed by atoms with Crippen molar-refractivity contribution in [2.24, 2.45) is 0 Å². The molecule has 0 unspecified atom stereocenters. The second-order valence-electron chi connectivity index (χ2n) is 7.54. The van der Waals surface area contributed by atoms with Crippen LogP contribution in [0.3, 0.4) is 0 Å². The number of amides is 1. The van der Waals surface area contributed by atoms with Crippen LogP contribution in [0, 0.1) is 11.3 Å². The van der Waals surface area contributed by atoms with Crippen LogP contribution in [0.1, 0.15) is 27.0 Å². The number of hydrogen-bond donors (Lipinski definition) is 1. The van der Waals surface area contributed by atoms with E-state index >= 15 is 0 Å². The summed E-state index contributed by atoms with van der Waals surface area (Å²) < 4.78 is 5.44. The summed E-state index contributed by atoms with van der Waals surface area (Å²) in [5, 5.41) is 12.5. The first kappa shape index (κ1) is 20.8. The van der Waals surface area contributed by atoms with E-state index in [9.17, 15) is 10.1 Å². The Bertz CT molecular complexity index is 1100. The van der Waals surface area contributed by atoms with Crippen molar-refractivity contribution in [3.63, 3.8) is 0 Å². The highest BCUT2D eigenvalue weighted by Gasteiger charge is 2.16. The molecule has 1 saturated heterocycles. The molecule has 4 rings (SSSR count). The Hall–Kier alpha value is -3.46. The highest BCUT2D eigenvalue weighted by atomic mass is 16.5. The van der Waals surface area contributed by atoms with E-state index < -0.39 is 0 Å². The van der Waals surface area contributed by atoms with E-state index in [1.165, 1.54) is 5.56 Å². The van der Waals surface area contributed by atoms with Gasteiger partial charge in [-0.3, -0.25) is 9.69 Å². The van der Waals surface area contributed by atoms with E-state index in [4.69, 9.17) is 4.74 Å². The minimum atomic E-state index is -0.149. The van der Waals surface area contributed by atoms with Crippen LogP contribution in [0.25, 0.3) is 11.1 Å². The van der Waals surface area contributed by atoms with Crippen LogP contribution in [0.5, 0.6) is 0 Å². The zero-order valence-corrected chi connectivity index (χ0v) is 17.4. The molecule has 3 aromatic carbocycles. The van der Waals surface area contributed by atoms with Gasteiger partial charge in [-0.25, -0.2) is 0 Å². The fourth-order valence-electron chi connectivity index (χ4n) is 3.89. The number of nitrogens with one attached hydrogen (secondary N) is 1. The zero-order valence-electron chi connectivity index (χ0n) is 17.4. The summed E-state index contributed by atoms with van der Waals surface area (Å²) in [7, 11) is 0. The van der Waals surface area contributed by atoms with Gasteiger partial charge in [0.2, 0.25) is 0 Å². The first-order valence-corrected chi connectivity index (χ1v) is 10.5. The van der Waals surface area contributed by atoms with Gasteiger partial charge < -0.3 is 10.1 Å². The van der Waals surface area contributed by atoms with Gasteiger partial charge in [-0.15, -0.1) is 0 Å². The summed E-state index contributed by atoms with van der Waals surface area (Å²) in [4.78, 5) is 15.5. The normalized spacial score (nSPS) is 14.0. The molecule has 1 fully saturated rings. The number of nitrogens with zero attached hydrogens (tertiary/aromatic N) is 2. The maximum absolute atomic E-state index is 13.1. The fourth-order valence-corrected chi connectivity index (χ4v) is 3.89. The van der Waals surface area contributed by atoms with Crippen LogP contribution in [0.4, 0.5) is 0 Å². The standard InChI is InChI=1S/C26H25N3O2/c27-17-20-7-3-4-10-23(20)24-11-5-6-12-25(24)26(30)28-18-21-8-1-2-9-22(21)19-29-13-15-31-16-14-29/h1-12H,13-16,18-19H2,(H,28,30). The predicted molar refractivity (Wildman–Crippen MR) is 120 cm³/mol.